The number of methoxy groups -OCH3 is 1. The average Bonchev–Trinajstić information content (AvgIpc) is 2.91. The number of nitrogens with one attached hydrogen (secondary N) is 2. The Kier molecular flexibility index (Phi) is 7.94. The van der Waals surface area contributed by atoms with E-state index in [2.05, 4.69) is 5.32 Å². The Morgan fingerprint density at radius 3 is 2.70 bits per heavy atom. The third-order valence-electron chi connectivity index (χ3n) is 3.80. The molecule has 152 valence electrons. The third kappa shape index (κ3) is 5.87. The van der Waals surface area contributed by atoms with Gasteiger partial charge in [-0.05, 0) is 0 Å². The van der Waals surface area contributed by atoms with Gasteiger partial charge in [-0.25, -0.2) is 9.59 Å². The second kappa shape index (κ2) is 10.2. The SMILES string of the molecule is COCCOCCOC(=O)NC[C@H]1O[C@@H](n2ccc(=O)[nH]c2=O)[C@H](O)[C@@H]1O. The number of carbonyl (C=O) groups is 1. The first-order chi connectivity index (χ1) is 12.9. The number of carbonyl (C=O) groups excluding carboxylic acids is 1. The maximum Gasteiger partial charge on any atom is 0.407 e. The average molecular weight is 389 g/mol. The molecule has 0 spiro atoms. The van der Waals surface area contributed by atoms with Gasteiger partial charge in [-0.3, -0.25) is 14.3 Å². The van der Waals surface area contributed by atoms with Gasteiger partial charge in [0.25, 0.3) is 5.56 Å². The van der Waals surface area contributed by atoms with Crippen molar-refractivity contribution in [2.45, 2.75) is 24.5 Å². The van der Waals surface area contributed by atoms with Crippen LogP contribution in [0.2, 0.25) is 0 Å². The van der Waals surface area contributed by atoms with Gasteiger partial charge in [-0.2, -0.15) is 0 Å². The van der Waals surface area contributed by atoms with Crippen LogP contribution in [-0.4, -0.2) is 84.3 Å². The first-order valence-electron chi connectivity index (χ1n) is 8.24. The minimum Gasteiger partial charge on any atom is -0.447 e. The predicted octanol–water partition coefficient (Wildman–Crippen LogP) is -2.45. The van der Waals surface area contributed by atoms with Crippen molar-refractivity contribution in [1.82, 2.24) is 14.9 Å². The molecule has 1 amide bonds. The van der Waals surface area contributed by atoms with Crippen molar-refractivity contribution in [3.63, 3.8) is 0 Å². The van der Waals surface area contributed by atoms with Crippen LogP contribution in [0.5, 0.6) is 0 Å². The number of amides is 1. The second-order valence-electron chi connectivity index (χ2n) is 5.69. The van der Waals surface area contributed by atoms with Crippen LogP contribution in [-0.2, 0) is 18.9 Å². The number of alkyl carbamates (subject to hydrolysis) is 1. The molecular formula is C15H23N3O9. The van der Waals surface area contributed by atoms with E-state index in [1.54, 1.807) is 7.11 Å². The first-order valence-corrected chi connectivity index (χ1v) is 8.24. The summed E-state index contributed by atoms with van der Waals surface area (Å²) < 4.78 is 21.2. The smallest absolute Gasteiger partial charge is 0.407 e. The molecule has 4 N–H and O–H groups in total. The summed E-state index contributed by atoms with van der Waals surface area (Å²) in [6.45, 7) is 0.894. The van der Waals surface area contributed by atoms with Crippen molar-refractivity contribution in [3.05, 3.63) is 33.1 Å². The molecule has 2 heterocycles. The van der Waals surface area contributed by atoms with E-state index in [0.717, 1.165) is 16.8 Å². The molecule has 0 radical (unpaired) electrons. The number of aliphatic hydroxyl groups excluding tert-OH is 2. The summed E-state index contributed by atoms with van der Waals surface area (Å²) in [5.74, 6) is 0. The van der Waals surface area contributed by atoms with Crippen LogP contribution in [0.3, 0.4) is 0 Å². The van der Waals surface area contributed by atoms with E-state index in [4.69, 9.17) is 18.9 Å². The lowest BCUT2D eigenvalue weighted by Crippen LogP contribution is -2.40. The van der Waals surface area contributed by atoms with Gasteiger partial charge in [0.05, 0.1) is 19.8 Å². The number of nitrogens with zero attached hydrogens (tertiary/aromatic N) is 1. The highest BCUT2D eigenvalue weighted by Gasteiger charge is 2.44. The number of hydrogen-bond donors (Lipinski definition) is 4. The van der Waals surface area contributed by atoms with Gasteiger partial charge >= 0.3 is 11.8 Å². The van der Waals surface area contributed by atoms with E-state index in [1.165, 1.54) is 0 Å². The lowest BCUT2D eigenvalue weighted by molar-refractivity contribution is -0.0391. The maximum absolute atomic E-state index is 11.8. The minimum atomic E-state index is -1.43. The van der Waals surface area contributed by atoms with Gasteiger partial charge in [-0.1, -0.05) is 0 Å². The zero-order valence-electron chi connectivity index (χ0n) is 14.7. The Morgan fingerprint density at radius 1 is 1.26 bits per heavy atom. The van der Waals surface area contributed by atoms with E-state index in [9.17, 15) is 24.6 Å². The minimum absolute atomic E-state index is 0.0294. The van der Waals surface area contributed by atoms with Gasteiger partial charge in [-0.15, -0.1) is 0 Å². The second-order valence-corrected chi connectivity index (χ2v) is 5.69. The Morgan fingerprint density at radius 2 is 2.00 bits per heavy atom. The highest BCUT2D eigenvalue weighted by Crippen LogP contribution is 2.27. The maximum atomic E-state index is 11.8. The quantitative estimate of drug-likeness (QED) is 0.336. The summed E-state index contributed by atoms with van der Waals surface area (Å²) in [7, 11) is 1.54. The van der Waals surface area contributed by atoms with Gasteiger partial charge in [0.2, 0.25) is 0 Å². The summed E-state index contributed by atoms with van der Waals surface area (Å²) >= 11 is 0. The fraction of sp³-hybridized carbons (Fsp3) is 0.667. The van der Waals surface area contributed by atoms with E-state index in [1.807, 2.05) is 4.98 Å². The third-order valence-corrected chi connectivity index (χ3v) is 3.80. The highest BCUT2D eigenvalue weighted by molar-refractivity contribution is 5.67. The molecule has 2 rings (SSSR count). The first kappa shape index (κ1) is 21.1. The molecule has 0 bridgehead atoms. The van der Waals surface area contributed by atoms with Crippen molar-refractivity contribution in [2.24, 2.45) is 0 Å². The topological polar surface area (TPSA) is 161 Å². The largest absolute Gasteiger partial charge is 0.447 e. The molecule has 1 aromatic heterocycles. The van der Waals surface area contributed by atoms with Crippen molar-refractivity contribution in [3.8, 4) is 0 Å². The van der Waals surface area contributed by atoms with E-state index < -0.39 is 41.9 Å². The summed E-state index contributed by atoms with van der Waals surface area (Å²) in [6.07, 6.45) is -4.57. The molecule has 4 atom stereocenters. The number of hydrogen-bond acceptors (Lipinski definition) is 9. The summed E-state index contributed by atoms with van der Waals surface area (Å²) in [5, 5.41) is 22.5. The lowest BCUT2D eigenvalue weighted by atomic mass is 10.1. The van der Waals surface area contributed by atoms with E-state index >= 15 is 0 Å². The fourth-order valence-electron chi connectivity index (χ4n) is 2.43. The van der Waals surface area contributed by atoms with E-state index in [0.29, 0.717) is 13.2 Å². The normalized spacial score (nSPS) is 24.7. The van der Waals surface area contributed by atoms with Gasteiger partial charge in [0.1, 0.15) is 24.9 Å². The van der Waals surface area contributed by atoms with E-state index in [-0.39, 0.29) is 19.8 Å². The fourth-order valence-corrected chi connectivity index (χ4v) is 2.43. The zero-order chi connectivity index (χ0) is 19.8. The number of aromatic nitrogens is 2. The van der Waals surface area contributed by atoms with Crippen LogP contribution >= 0.6 is 0 Å². The van der Waals surface area contributed by atoms with Crippen molar-refractivity contribution >= 4 is 6.09 Å². The molecule has 0 unspecified atom stereocenters. The molecule has 0 aromatic carbocycles. The molecule has 0 saturated carbocycles. The molecule has 1 aliphatic rings. The monoisotopic (exact) mass is 389 g/mol. The van der Waals surface area contributed by atoms with Gasteiger partial charge in [0.15, 0.2) is 6.23 Å². The van der Waals surface area contributed by atoms with Crippen molar-refractivity contribution < 1.29 is 34.0 Å². The molecule has 1 aliphatic heterocycles. The molecular weight excluding hydrogens is 366 g/mol. The van der Waals surface area contributed by atoms with Gasteiger partial charge in [0, 0.05) is 25.9 Å². The van der Waals surface area contributed by atoms with Crippen LogP contribution in [0, 0.1) is 0 Å². The molecule has 1 aromatic rings. The van der Waals surface area contributed by atoms with Crippen molar-refractivity contribution in [2.75, 3.05) is 40.1 Å². The standard InChI is InChI=1S/C15H23N3O9/c1-24-4-5-25-6-7-26-15(23)16-8-9-11(20)12(21)13(27-9)18-3-2-10(19)17-14(18)22/h2-3,9,11-13,20-21H,4-8H2,1H3,(H,16,23)(H,17,19,22)/t9-,11-,12-,13-/m1/s1. The lowest BCUT2D eigenvalue weighted by Gasteiger charge is -2.16. The number of H-pyrrole nitrogens is 1. The molecule has 12 heteroatoms. The number of rotatable bonds is 9. The number of ether oxygens (including phenoxy) is 4. The number of aromatic amines is 1. The summed E-state index contributed by atoms with van der Waals surface area (Å²) in [4.78, 5) is 36.5. The Hall–Kier alpha value is -2.25. The van der Waals surface area contributed by atoms with Crippen LogP contribution < -0.4 is 16.6 Å². The Labute approximate surface area is 153 Å². The van der Waals surface area contributed by atoms with Crippen LogP contribution in [0.1, 0.15) is 6.23 Å². The predicted molar refractivity (Wildman–Crippen MR) is 89.3 cm³/mol. The van der Waals surface area contributed by atoms with Gasteiger partial charge < -0.3 is 34.5 Å². The molecule has 1 saturated heterocycles. The molecule has 12 nitrogen and oxygen atoms in total. The molecule has 1 fully saturated rings. The molecule has 0 aliphatic carbocycles. The number of aliphatic hydroxyl groups is 2. The van der Waals surface area contributed by atoms with Crippen LogP contribution in [0.4, 0.5) is 4.79 Å². The molecule has 27 heavy (non-hydrogen) atoms. The highest BCUT2D eigenvalue weighted by atomic mass is 16.6. The Bertz CT molecular complexity index is 719. The van der Waals surface area contributed by atoms with Crippen molar-refractivity contribution in [1.29, 1.82) is 0 Å². The zero-order valence-corrected chi connectivity index (χ0v) is 14.7. The van der Waals surface area contributed by atoms with Crippen LogP contribution in [0.15, 0.2) is 21.9 Å². The van der Waals surface area contributed by atoms with Crippen LogP contribution in [0.25, 0.3) is 0 Å². The summed E-state index contributed by atoms with van der Waals surface area (Å²) in [6, 6.07) is 1.08. The Balaban J connectivity index is 1.79. The summed E-state index contributed by atoms with van der Waals surface area (Å²) in [5.41, 5.74) is -1.39.